The fourth-order valence-corrected chi connectivity index (χ4v) is 2.48. The molecule has 19 heavy (non-hydrogen) atoms. The number of nitrogens with one attached hydrogen (secondary N) is 2. The quantitative estimate of drug-likeness (QED) is 0.843. The molecule has 0 saturated carbocycles. The topological polar surface area (TPSA) is 45.8 Å². The minimum absolute atomic E-state index is 0.530. The highest BCUT2D eigenvalue weighted by Gasteiger charge is 2.18. The highest BCUT2D eigenvalue weighted by atomic mass is 16.6. The number of anilines is 1. The van der Waals surface area contributed by atoms with E-state index in [9.17, 15) is 0 Å². The number of hydrogen-bond donors (Lipinski definition) is 2. The maximum atomic E-state index is 5.59. The number of rotatable bonds is 3. The van der Waals surface area contributed by atoms with E-state index in [0.717, 1.165) is 43.4 Å². The summed E-state index contributed by atoms with van der Waals surface area (Å²) in [6.45, 7) is 5.42. The molecule has 0 radical (unpaired) electrons. The Bertz CT molecular complexity index is 439. The second-order valence-corrected chi connectivity index (χ2v) is 5.08. The fraction of sp³-hybridized carbons (Fsp3) is 0.571. The summed E-state index contributed by atoms with van der Waals surface area (Å²) in [6.07, 6.45) is 0. The van der Waals surface area contributed by atoms with E-state index in [1.165, 1.54) is 0 Å². The molecule has 5 heteroatoms. The Morgan fingerprint density at radius 2 is 2.16 bits per heavy atom. The Kier molecular flexibility index (Phi) is 3.75. The zero-order valence-corrected chi connectivity index (χ0v) is 11.3. The van der Waals surface area contributed by atoms with E-state index in [1.807, 2.05) is 18.2 Å². The first-order valence-corrected chi connectivity index (χ1v) is 6.87. The number of likely N-dealkylation sites (N-methyl/N-ethyl adjacent to an activating group) is 1. The number of hydrogen-bond acceptors (Lipinski definition) is 5. The van der Waals surface area contributed by atoms with Gasteiger partial charge in [-0.05, 0) is 19.2 Å². The van der Waals surface area contributed by atoms with Gasteiger partial charge in [0.05, 0.1) is 0 Å². The molecule has 0 amide bonds. The molecular formula is C14H21N3O2. The molecule has 104 valence electrons. The standard InChI is InChI=1S/C14H21N3O2/c1-17-5-4-15-9-12(17)10-16-11-2-3-13-14(8-11)19-7-6-18-13/h2-3,8,12,15-16H,4-7,9-10H2,1H3. The third-order valence-electron chi connectivity index (χ3n) is 3.73. The van der Waals surface area contributed by atoms with Crippen LogP contribution < -0.4 is 20.1 Å². The van der Waals surface area contributed by atoms with Gasteiger partial charge in [0.15, 0.2) is 11.5 Å². The Balaban J connectivity index is 1.60. The summed E-state index contributed by atoms with van der Waals surface area (Å²) < 4.78 is 11.1. The average molecular weight is 263 g/mol. The van der Waals surface area contributed by atoms with Gasteiger partial charge < -0.3 is 20.1 Å². The summed E-state index contributed by atoms with van der Waals surface area (Å²) in [5.41, 5.74) is 1.09. The molecule has 2 aliphatic rings. The van der Waals surface area contributed by atoms with Crippen LogP contribution in [0.3, 0.4) is 0 Å². The first kappa shape index (κ1) is 12.6. The number of fused-ring (bicyclic) bond motifs is 1. The highest BCUT2D eigenvalue weighted by Crippen LogP contribution is 2.32. The van der Waals surface area contributed by atoms with Crippen LogP contribution >= 0.6 is 0 Å². The van der Waals surface area contributed by atoms with Gasteiger partial charge in [0, 0.05) is 44.0 Å². The fourth-order valence-electron chi connectivity index (χ4n) is 2.48. The Hall–Kier alpha value is -1.46. The molecule has 1 saturated heterocycles. The number of benzene rings is 1. The highest BCUT2D eigenvalue weighted by molar-refractivity contribution is 5.55. The van der Waals surface area contributed by atoms with Crippen LogP contribution in [0, 0.1) is 0 Å². The summed E-state index contributed by atoms with van der Waals surface area (Å²) in [5, 5.41) is 6.90. The Morgan fingerprint density at radius 3 is 3.00 bits per heavy atom. The summed E-state index contributed by atoms with van der Waals surface area (Å²) in [4.78, 5) is 2.39. The second-order valence-electron chi connectivity index (χ2n) is 5.08. The van der Waals surface area contributed by atoms with Gasteiger partial charge in [-0.25, -0.2) is 0 Å². The zero-order chi connectivity index (χ0) is 13.1. The van der Waals surface area contributed by atoms with Crippen LogP contribution in [-0.4, -0.2) is 57.4 Å². The molecule has 0 bridgehead atoms. The smallest absolute Gasteiger partial charge is 0.163 e. The van der Waals surface area contributed by atoms with E-state index in [4.69, 9.17) is 9.47 Å². The summed E-state index contributed by atoms with van der Waals surface area (Å²) >= 11 is 0. The van der Waals surface area contributed by atoms with E-state index in [1.54, 1.807) is 0 Å². The van der Waals surface area contributed by atoms with E-state index in [0.29, 0.717) is 19.3 Å². The molecule has 1 aromatic carbocycles. The Morgan fingerprint density at radius 1 is 1.32 bits per heavy atom. The largest absolute Gasteiger partial charge is 0.486 e. The van der Waals surface area contributed by atoms with Crippen molar-refractivity contribution in [3.05, 3.63) is 18.2 Å². The van der Waals surface area contributed by atoms with Crippen LogP contribution in [-0.2, 0) is 0 Å². The average Bonchev–Trinajstić information content (AvgIpc) is 2.46. The minimum Gasteiger partial charge on any atom is -0.486 e. The van der Waals surface area contributed by atoms with Crippen molar-refractivity contribution in [3.63, 3.8) is 0 Å². The predicted molar refractivity (Wildman–Crippen MR) is 75.2 cm³/mol. The van der Waals surface area contributed by atoms with Crippen molar-refractivity contribution in [2.75, 3.05) is 51.8 Å². The molecule has 2 N–H and O–H groups in total. The molecule has 1 fully saturated rings. The molecule has 1 unspecified atom stereocenters. The lowest BCUT2D eigenvalue weighted by Gasteiger charge is -2.33. The Labute approximate surface area is 113 Å². The molecule has 0 aromatic heterocycles. The molecule has 1 atom stereocenters. The van der Waals surface area contributed by atoms with Crippen molar-refractivity contribution >= 4 is 5.69 Å². The van der Waals surface area contributed by atoms with Gasteiger partial charge in [0.1, 0.15) is 13.2 Å². The lowest BCUT2D eigenvalue weighted by atomic mass is 10.2. The van der Waals surface area contributed by atoms with Crippen molar-refractivity contribution in [2.24, 2.45) is 0 Å². The molecule has 3 rings (SSSR count). The number of ether oxygens (including phenoxy) is 2. The zero-order valence-electron chi connectivity index (χ0n) is 11.3. The lowest BCUT2D eigenvalue weighted by molar-refractivity contribution is 0.171. The van der Waals surface area contributed by atoms with Crippen LogP contribution in [0.5, 0.6) is 11.5 Å². The first-order chi connectivity index (χ1) is 9.33. The maximum absolute atomic E-state index is 5.59. The van der Waals surface area contributed by atoms with Crippen molar-refractivity contribution in [1.82, 2.24) is 10.2 Å². The SMILES string of the molecule is CN1CCNCC1CNc1ccc2c(c1)OCCO2. The normalized spacial score (nSPS) is 23.1. The molecule has 1 aromatic rings. The van der Waals surface area contributed by atoms with E-state index in [2.05, 4.69) is 22.6 Å². The van der Waals surface area contributed by atoms with E-state index >= 15 is 0 Å². The molecule has 0 aliphatic carbocycles. The van der Waals surface area contributed by atoms with Crippen LogP contribution in [0.4, 0.5) is 5.69 Å². The van der Waals surface area contributed by atoms with Crippen LogP contribution in [0.2, 0.25) is 0 Å². The van der Waals surface area contributed by atoms with Crippen molar-refractivity contribution in [2.45, 2.75) is 6.04 Å². The second kappa shape index (κ2) is 5.67. The van der Waals surface area contributed by atoms with Gasteiger partial charge >= 0.3 is 0 Å². The van der Waals surface area contributed by atoms with Crippen LogP contribution in [0.25, 0.3) is 0 Å². The molecular weight excluding hydrogens is 242 g/mol. The summed E-state index contributed by atoms with van der Waals surface area (Å²) in [5.74, 6) is 1.68. The molecule has 5 nitrogen and oxygen atoms in total. The number of piperazine rings is 1. The first-order valence-electron chi connectivity index (χ1n) is 6.87. The van der Waals surface area contributed by atoms with E-state index in [-0.39, 0.29) is 0 Å². The van der Waals surface area contributed by atoms with Gasteiger partial charge in [-0.1, -0.05) is 0 Å². The van der Waals surface area contributed by atoms with Crippen LogP contribution in [0.1, 0.15) is 0 Å². The number of nitrogens with zero attached hydrogens (tertiary/aromatic N) is 1. The third kappa shape index (κ3) is 2.93. The monoisotopic (exact) mass is 263 g/mol. The van der Waals surface area contributed by atoms with E-state index < -0.39 is 0 Å². The van der Waals surface area contributed by atoms with Crippen molar-refractivity contribution in [3.8, 4) is 11.5 Å². The van der Waals surface area contributed by atoms with Gasteiger partial charge in [0.2, 0.25) is 0 Å². The maximum Gasteiger partial charge on any atom is 0.163 e. The predicted octanol–water partition coefficient (Wildman–Crippen LogP) is 0.773. The van der Waals surface area contributed by atoms with Gasteiger partial charge in [-0.3, -0.25) is 4.90 Å². The van der Waals surface area contributed by atoms with Gasteiger partial charge in [-0.2, -0.15) is 0 Å². The third-order valence-corrected chi connectivity index (χ3v) is 3.73. The summed E-state index contributed by atoms with van der Waals surface area (Å²) in [6, 6.07) is 6.57. The van der Waals surface area contributed by atoms with Gasteiger partial charge in [0.25, 0.3) is 0 Å². The molecule has 0 spiro atoms. The lowest BCUT2D eigenvalue weighted by Crippen LogP contribution is -2.52. The summed E-state index contributed by atoms with van der Waals surface area (Å²) in [7, 11) is 2.18. The minimum atomic E-state index is 0.530. The van der Waals surface area contributed by atoms with Crippen LogP contribution in [0.15, 0.2) is 18.2 Å². The van der Waals surface area contributed by atoms with Crippen molar-refractivity contribution in [1.29, 1.82) is 0 Å². The molecule has 2 heterocycles. The van der Waals surface area contributed by atoms with Crippen molar-refractivity contribution < 1.29 is 9.47 Å². The van der Waals surface area contributed by atoms with Gasteiger partial charge in [-0.15, -0.1) is 0 Å². The molecule has 2 aliphatic heterocycles.